The van der Waals surface area contributed by atoms with E-state index in [0.717, 1.165) is 43.6 Å². The van der Waals surface area contributed by atoms with Crippen LogP contribution in [0.25, 0.3) is 0 Å². The lowest BCUT2D eigenvalue weighted by atomic mass is 9.99. The van der Waals surface area contributed by atoms with Crippen LogP contribution in [-0.2, 0) is 0 Å². The summed E-state index contributed by atoms with van der Waals surface area (Å²) in [6, 6.07) is 19.3. The van der Waals surface area contributed by atoms with Crippen LogP contribution < -0.4 is 10.1 Å². The zero-order chi connectivity index (χ0) is 15.5. The predicted molar refractivity (Wildman–Crippen MR) is 92.9 cm³/mol. The Morgan fingerprint density at radius 3 is 2.39 bits per heavy atom. The smallest absolute Gasteiger partial charge is 0.127 e. The van der Waals surface area contributed by atoms with E-state index in [0.29, 0.717) is 6.04 Å². The molecule has 0 spiro atoms. The fourth-order valence-corrected chi connectivity index (χ4v) is 3.54. The van der Waals surface area contributed by atoms with Crippen molar-refractivity contribution in [1.82, 2.24) is 10.2 Å². The van der Waals surface area contributed by atoms with Crippen molar-refractivity contribution >= 4 is 0 Å². The molecule has 1 aliphatic heterocycles. The molecule has 1 aliphatic carbocycles. The topological polar surface area (TPSA) is 24.5 Å². The number of para-hydroxylation sites is 1. The minimum absolute atomic E-state index is 0.552. The van der Waals surface area contributed by atoms with Gasteiger partial charge in [0.15, 0.2) is 0 Å². The number of rotatable bonds is 5. The van der Waals surface area contributed by atoms with Crippen molar-refractivity contribution in [3.05, 3.63) is 60.2 Å². The molecule has 1 saturated carbocycles. The summed E-state index contributed by atoms with van der Waals surface area (Å²) >= 11 is 0. The number of piperazine rings is 1. The van der Waals surface area contributed by atoms with Crippen LogP contribution in [0.3, 0.4) is 0 Å². The Kier molecular flexibility index (Phi) is 4.31. The van der Waals surface area contributed by atoms with Gasteiger partial charge in [-0.25, -0.2) is 0 Å². The third-order valence-electron chi connectivity index (χ3n) is 4.79. The van der Waals surface area contributed by atoms with Crippen LogP contribution in [0.5, 0.6) is 11.5 Å². The van der Waals surface area contributed by atoms with Gasteiger partial charge in [0.2, 0.25) is 0 Å². The zero-order valence-electron chi connectivity index (χ0n) is 13.4. The average molecular weight is 308 g/mol. The van der Waals surface area contributed by atoms with E-state index in [4.69, 9.17) is 4.74 Å². The van der Waals surface area contributed by atoms with Crippen LogP contribution in [0.15, 0.2) is 54.6 Å². The molecule has 0 amide bonds. The first-order chi connectivity index (χ1) is 11.4. The Hall–Kier alpha value is -1.84. The largest absolute Gasteiger partial charge is 0.457 e. The van der Waals surface area contributed by atoms with Gasteiger partial charge in [-0.05, 0) is 48.6 Å². The van der Waals surface area contributed by atoms with E-state index in [-0.39, 0.29) is 0 Å². The molecule has 2 aromatic rings. The first kappa shape index (κ1) is 14.7. The molecule has 23 heavy (non-hydrogen) atoms. The summed E-state index contributed by atoms with van der Waals surface area (Å²) in [5.74, 6) is 2.66. The predicted octanol–water partition coefficient (Wildman–Crippen LogP) is 3.84. The number of nitrogens with one attached hydrogen (secondary N) is 1. The third-order valence-corrected chi connectivity index (χ3v) is 4.79. The quantitative estimate of drug-likeness (QED) is 0.908. The van der Waals surface area contributed by atoms with Gasteiger partial charge in [-0.2, -0.15) is 0 Å². The molecule has 0 unspecified atom stereocenters. The third kappa shape index (κ3) is 3.57. The van der Waals surface area contributed by atoms with Gasteiger partial charge in [0.05, 0.1) is 0 Å². The Balaban J connectivity index is 1.56. The van der Waals surface area contributed by atoms with Crippen molar-refractivity contribution in [3.8, 4) is 11.5 Å². The Morgan fingerprint density at radius 2 is 1.65 bits per heavy atom. The number of hydrogen-bond donors (Lipinski definition) is 1. The van der Waals surface area contributed by atoms with Gasteiger partial charge in [0.1, 0.15) is 11.5 Å². The fraction of sp³-hybridized carbons (Fsp3) is 0.400. The lowest BCUT2D eigenvalue weighted by Crippen LogP contribution is -2.45. The van der Waals surface area contributed by atoms with Gasteiger partial charge in [0.25, 0.3) is 0 Å². The van der Waals surface area contributed by atoms with Gasteiger partial charge in [-0.1, -0.05) is 30.3 Å². The van der Waals surface area contributed by atoms with Crippen molar-refractivity contribution in [2.75, 3.05) is 26.2 Å². The Morgan fingerprint density at radius 1 is 0.913 bits per heavy atom. The fourth-order valence-electron chi connectivity index (χ4n) is 3.54. The van der Waals surface area contributed by atoms with Crippen LogP contribution in [0, 0.1) is 5.92 Å². The molecule has 0 radical (unpaired) electrons. The lowest BCUT2D eigenvalue weighted by molar-refractivity contribution is 0.156. The van der Waals surface area contributed by atoms with Crippen molar-refractivity contribution < 1.29 is 4.74 Å². The Bertz CT molecular complexity index is 633. The molecular weight excluding hydrogens is 284 g/mol. The number of nitrogens with zero attached hydrogens (tertiary/aromatic N) is 1. The second-order valence-corrected chi connectivity index (χ2v) is 6.56. The second-order valence-electron chi connectivity index (χ2n) is 6.56. The summed E-state index contributed by atoms with van der Waals surface area (Å²) in [7, 11) is 0. The highest BCUT2D eigenvalue weighted by molar-refractivity contribution is 5.35. The molecule has 2 aliphatic rings. The van der Waals surface area contributed by atoms with Crippen molar-refractivity contribution in [2.24, 2.45) is 5.92 Å². The second kappa shape index (κ2) is 6.73. The summed E-state index contributed by atoms with van der Waals surface area (Å²) < 4.78 is 6.03. The summed E-state index contributed by atoms with van der Waals surface area (Å²) in [6.45, 7) is 4.49. The van der Waals surface area contributed by atoms with Crippen molar-refractivity contribution in [2.45, 2.75) is 18.9 Å². The molecule has 0 bridgehead atoms. The first-order valence-corrected chi connectivity index (χ1v) is 8.68. The molecule has 1 saturated heterocycles. The van der Waals surface area contributed by atoms with Gasteiger partial charge in [-0.15, -0.1) is 0 Å². The molecule has 1 atom stereocenters. The van der Waals surface area contributed by atoms with Gasteiger partial charge >= 0.3 is 0 Å². The van der Waals surface area contributed by atoms with Crippen LogP contribution in [0.1, 0.15) is 24.4 Å². The van der Waals surface area contributed by atoms with Gasteiger partial charge < -0.3 is 10.1 Å². The van der Waals surface area contributed by atoms with Crippen LogP contribution in [0.4, 0.5) is 0 Å². The minimum atomic E-state index is 0.552. The number of hydrogen-bond acceptors (Lipinski definition) is 3. The molecule has 1 heterocycles. The lowest BCUT2D eigenvalue weighted by Gasteiger charge is -2.35. The molecule has 120 valence electrons. The van der Waals surface area contributed by atoms with E-state index in [1.165, 1.54) is 18.4 Å². The molecule has 2 fully saturated rings. The van der Waals surface area contributed by atoms with E-state index in [9.17, 15) is 0 Å². The average Bonchev–Trinajstić information content (AvgIpc) is 3.42. The van der Waals surface area contributed by atoms with Crippen LogP contribution in [-0.4, -0.2) is 31.1 Å². The monoisotopic (exact) mass is 308 g/mol. The van der Waals surface area contributed by atoms with E-state index in [1.807, 2.05) is 30.3 Å². The summed E-state index contributed by atoms with van der Waals surface area (Å²) in [5, 5.41) is 3.46. The molecule has 1 N–H and O–H groups in total. The molecule has 4 rings (SSSR count). The number of benzene rings is 2. The molecule has 3 nitrogen and oxygen atoms in total. The standard InChI is InChI=1S/C20H24N2O/c1-2-6-18(7-3-1)23-19-8-4-5-17(15-19)20(16-9-10-16)22-13-11-21-12-14-22/h1-8,15-16,20-21H,9-14H2/t20-/m0/s1. The highest BCUT2D eigenvalue weighted by atomic mass is 16.5. The van der Waals surface area contributed by atoms with Crippen LogP contribution >= 0.6 is 0 Å². The summed E-state index contributed by atoms with van der Waals surface area (Å²) in [4.78, 5) is 2.65. The minimum Gasteiger partial charge on any atom is -0.457 e. The zero-order valence-corrected chi connectivity index (χ0v) is 13.4. The molecular formula is C20H24N2O. The van der Waals surface area contributed by atoms with E-state index in [2.05, 4.69) is 34.5 Å². The Labute approximate surface area is 138 Å². The van der Waals surface area contributed by atoms with Gasteiger partial charge in [-0.3, -0.25) is 4.90 Å². The van der Waals surface area contributed by atoms with E-state index >= 15 is 0 Å². The highest BCUT2D eigenvalue weighted by Gasteiger charge is 2.36. The maximum atomic E-state index is 6.03. The normalized spacial score (nSPS) is 20.2. The van der Waals surface area contributed by atoms with Crippen LogP contribution in [0.2, 0.25) is 0 Å². The maximum Gasteiger partial charge on any atom is 0.127 e. The van der Waals surface area contributed by atoms with Crippen molar-refractivity contribution in [1.29, 1.82) is 0 Å². The molecule has 3 heteroatoms. The maximum absolute atomic E-state index is 6.03. The molecule has 0 aromatic heterocycles. The molecule has 2 aromatic carbocycles. The van der Waals surface area contributed by atoms with Gasteiger partial charge in [0, 0.05) is 32.2 Å². The SMILES string of the molecule is c1ccc(Oc2cccc([C@H](C3CC3)N3CCNCC3)c2)cc1. The van der Waals surface area contributed by atoms with Crippen molar-refractivity contribution in [3.63, 3.8) is 0 Å². The highest BCUT2D eigenvalue weighted by Crippen LogP contribution is 2.45. The summed E-state index contributed by atoms with van der Waals surface area (Å²) in [6.07, 6.45) is 2.72. The van der Waals surface area contributed by atoms with E-state index < -0.39 is 0 Å². The number of ether oxygens (including phenoxy) is 1. The summed E-state index contributed by atoms with van der Waals surface area (Å²) in [5.41, 5.74) is 1.41. The van der Waals surface area contributed by atoms with E-state index in [1.54, 1.807) is 0 Å². The first-order valence-electron chi connectivity index (χ1n) is 8.68.